The highest BCUT2D eigenvalue weighted by Crippen LogP contribution is 2.47. The maximum Gasteiger partial charge on any atom is 0.335 e. The Kier molecular flexibility index (Phi) is 1.87. The zero-order chi connectivity index (χ0) is 11.2. The first-order valence-corrected chi connectivity index (χ1v) is 5.54. The highest BCUT2D eigenvalue weighted by molar-refractivity contribution is 5.90. The SMILES string of the molecule is O=C(O)c1ccc2c(c1)NCC1(CC1)CN2. The maximum atomic E-state index is 10.9. The first-order valence-electron chi connectivity index (χ1n) is 5.54. The van der Waals surface area contributed by atoms with Crippen molar-refractivity contribution >= 4 is 17.3 Å². The molecule has 1 aromatic carbocycles. The quantitative estimate of drug-likeness (QED) is 0.674. The lowest BCUT2D eigenvalue weighted by molar-refractivity contribution is 0.0697. The van der Waals surface area contributed by atoms with Crippen LogP contribution in [0.25, 0.3) is 0 Å². The number of benzene rings is 1. The fourth-order valence-corrected chi connectivity index (χ4v) is 2.14. The fraction of sp³-hybridized carbons (Fsp3) is 0.417. The first kappa shape index (κ1) is 9.51. The van der Waals surface area contributed by atoms with Crippen molar-refractivity contribution in [3.05, 3.63) is 23.8 Å². The first-order chi connectivity index (χ1) is 7.69. The largest absolute Gasteiger partial charge is 0.478 e. The van der Waals surface area contributed by atoms with Gasteiger partial charge in [0.1, 0.15) is 0 Å². The lowest BCUT2D eigenvalue weighted by Crippen LogP contribution is -2.19. The molecule has 16 heavy (non-hydrogen) atoms. The van der Waals surface area contributed by atoms with Crippen LogP contribution >= 0.6 is 0 Å². The van der Waals surface area contributed by atoms with E-state index >= 15 is 0 Å². The highest BCUT2D eigenvalue weighted by atomic mass is 16.4. The van der Waals surface area contributed by atoms with Crippen molar-refractivity contribution in [2.45, 2.75) is 12.8 Å². The van der Waals surface area contributed by atoms with Crippen LogP contribution in [-0.4, -0.2) is 24.2 Å². The summed E-state index contributed by atoms with van der Waals surface area (Å²) < 4.78 is 0. The number of carboxylic acid groups (broad SMARTS) is 1. The van der Waals surface area contributed by atoms with Crippen LogP contribution in [0.2, 0.25) is 0 Å². The number of rotatable bonds is 1. The van der Waals surface area contributed by atoms with Gasteiger partial charge >= 0.3 is 5.97 Å². The van der Waals surface area contributed by atoms with Crippen LogP contribution in [0.1, 0.15) is 23.2 Å². The van der Waals surface area contributed by atoms with E-state index < -0.39 is 5.97 Å². The van der Waals surface area contributed by atoms with Crippen LogP contribution in [-0.2, 0) is 0 Å². The minimum atomic E-state index is -0.880. The molecule has 4 heteroatoms. The molecule has 0 bridgehead atoms. The minimum absolute atomic E-state index is 0.333. The van der Waals surface area contributed by atoms with Crippen LogP contribution in [0.4, 0.5) is 11.4 Å². The molecule has 1 aliphatic heterocycles. The molecule has 0 saturated heterocycles. The van der Waals surface area contributed by atoms with Crippen LogP contribution in [0.15, 0.2) is 18.2 Å². The van der Waals surface area contributed by atoms with Crippen molar-refractivity contribution < 1.29 is 9.90 Å². The smallest absolute Gasteiger partial charge is 0.335 e. The Hall–Kier alpha value is -1.71. The summed E-state index contributed by atoms with van der Waals surface area (Å²) >= 11 is 0. The Morgan fingerprint density at radius 2 is 1.88 bits per heavy atom. The lowest BCUT2D eigenvalue weighted by Gasteiger charge is -2.10. The molecule has 0 atom stereocenters. The molecule has 0 aromatic heterocycles. The summed E-state index contributed by atoms with van der Waals surface area (Å²) in [5, 5.41) is 15.7. The number of nitrogens with one attached hydrogen (secondary N) is 2. The van der Waals surface area contributed by atoms with Gasteiger partial charge in [-0.1, -0.05) is 0 Å². The van der Waals surface area contributed by atoms with E-state index in [-0.39, 0.29) is 0 Å². The predicted octanol–water partition coefficient (Wildman–Crippen LogP) is 2.00. The minimum Gasteiger partial charge on any atom is -0.478 e. The van der Waals surface area contributed by atoms with Crippen LogP contribution < -0.4 is 10.6 Å². The molecule has 1 aromatic rings. The molecule has 1 fully saturated rings. The zero-order valence-corrected chi connectivity index (χ0v) is 8.92. The van der Waals surface area contributed by atoms with Crippen molar-refractivity contribution in [3.8, 4) is 0 Å². The standard InChI is InChI=1S/C12H14N2O2/c15-11(16)8-1-2-9-10(5-8)14-7-12(3-4-12)6-13-9/h1-2,5,13-14H,3-4,6-7H2,(H,15,16). The number of anilines is 2. The number of hydrogen-bond donors (Lipinski definition) is 3. The van der Waals surface area contributed by atoms with Crippen molar-refractivity contribution in [2.75, 3.05) is 23.7 Å². The topological polar surface area (TPSA) is 61.4 Å². The maximum absolute atomic E-state index is 10.9. The molecule has 3 rings (SSSR count). The molecule has 1 spiro atoms. The van der Waals surface area contributed by atoms with Gasteiger partial charge in [0.25, 0.3) is 0 Å². The summed E-state index contributed by atoms with van der Waals surface area (Å²) in [5.41, 5.74) is 2.65. The third-order valence-electron chi connectivity index (χ3n) is 3.53. The van der Waals surface area contributed by atoms with Gasteiger partial charge in [-0.05, 0) is 31.0 Å². The van der Waals surface area contributed by atoms with Crippen molar-refractivity contribution in [1.29, 1.82) is 0 Å². The molecule has 1 heterocycles. The highest BCUT2D eigenvalue weighted by Gasteiger charge is 2.43. The summed E-state index contributed by atoms with van der Waals surface area (Å²) in [6.07, 6.45) is 2.51. The van der Waals surface area contributed by atoms with Gasteiger partial charge in [0, 0.05) is 18.5 Å². The van der Waals surface area contributed by atoms with Crippen molar-refractivity contribution in [2.24, 2.45) is 5.41 Å². The summed E-state index contributed by atoms with van der Waals surface area (Å²) in [7, 11) is 0. The molecule has 3 N–H and O–H groups in total. The molecule has 0 radical (unpaired) electrons. The fourth-order valence-electron chi connectivity index (χ4n) is 2.14. The number of fused-ring (bicyclic) bond motifs is 1. The average molecular weight is 218 g/mol. The van der Waals surface area contributed by atoms with E-state index in [0.717, 1.165) is 24.5 Å². The van der Waals surface area contributed by atoms with E-state index in [1.165, 1.54) is 12.8 Å². The van der Waals surface area contributed by atoms with Crippen LogP contribution in [0.5, 0.6) is 0 Å². The summed E-state index contributed by atoms with van der Waals surface area (Å²) in [4.78, 5) is 10.9. The Morgan fingerprint density at radius 1 is 1.19 bits per heavy atom. The zero-order valence-electron chi connectivity index (χ0n) is 8.92. The second kappa shape index (κ2) is 3.14. The van der Waals surface area contributed by atoms with Crippen molar-refractivity contribution in [3.63, 3.8) is 0 Å². The van der Waals surface area contributed by atoms with Gasteiger partial charge in [-0.2, -0.15) is 0 Å². The second-order valence-electron chi connectivity index (χ2n) is 4.77. The van der Waals surface area contributed by atoms with Gasteiger partial charge in [-0.3, -0.25) is 0 Å². The number of carbonyl (C=O) groups is 1. The van der Waals surface area contributed by atoms with Gasteiger partial charge in [0.2, 0.25) is 0 Å². The molecule has 0 unspecified atom stereocenters. The van der Waals surface area contributed by atoms with Crippen LogP contribution in [0, 0.1) is 5.41 Å². The van der Waals surface area contributed by atoms with Crippen LogP contribution in [0.3, 0.4) is 0 Å². The average Bonchev–Trinajstić information content (AvgIpc) is 3.07. The molecule has 0 amide bonds. The lowest BCUT2D eigenvalue weighted by atomic mass is 10.1. The summed E-state index contributed by atoms with van der Waals surface area (Å²) in [6.45, 7) is 1.93. The Balaban J connectivity index is 1.92. The molecular weight excluding hydrogens is 204 g/mol. The number of carboxylic acids is 1. The third-order valence-corrected chi connectivity index (χ3v) is 3.53. The Morgan fingerprint density at radius 3 is 2.50 bits per heavy atom. The Labute approximate surface area is 93.7 Å². The van der Waals surface area contributed by atoms with E-state index in [4.69, 9.17) is 5.11 Å². The number of hydrogen-bond acceptors (Lipinski definition) is 3. The Bertz CT molecular complexity index is 452. The molecule has 2 aliphatic rings. The molecule has 84 valence electrons. The van der Waals surface area contributed by atoms with Gasteiger partial charge in [-0.15, -0.1) is 0 Å². The molecule has 4 nitrogen and oxygen atoms in total. The third kappa shape index (κ3) is 1.50. The van der Waals surface area contributed by atoms with Gasteiger partial charge in [0.15, 0.2) is 0 Å². The van der Waals surface area contributed by atoms with Gasteiger partial charge < -0.3 is 15.7 Å². The van der Waals surface area contributed by atoms with E-state index in [9.17, 15) is 4.79 Å². The monoisotopic (exact) mass is 218 g/mol. The summed E-state index contributed by atoms with van der Waals surface area (Å²) in [6, 6.07) is 5.18. The van der Waals surface area contributed by atoms with Gasteiger partial charge in [-0.25, -0.2) is 4.79 Å². The van der Waals surface area contributed by atoms with Crippen molar-refractivity contribution in [1.82, 2.24) is 0 Å². The van der Waals surface area contributed by atoms with E-state index in [1.54, 1.807) is 12.1 Å². The summed E-state index contributed by atoms with van der Waals surface area (Å²) in [5.74, 6) is -0.880. The van der Waals surface area contributed by atoms with Gasteiger partial charge in [0.05, 0.1) is 16.9 Å². The molecular formula is C12H14N2O2. The second-order valence-corrected chi connectivity index (χ2v) is 4.77. The van der Waals surface area contributed by atoms with E-state index in [0.29, 0.717) is 11.0 Å². The molecule has 1 saturated carbocycles. The number of aromatic carboxylic acids is 1. The molecule has 1 aliphatic carbocycles. The van der Waals surface area contributed by atoms with E-state index in [1.807, 2.05) is 6.07 Å². The normalized spacial score (nSPS) is 20.2. The van der Waals surface area contributed by atoms with E-state index in [2.05, 4.69) is 10.6 Å². The predicted molar refractivity (Wildman–Crippen MR) is 62.0 cm³/mol.